The molecule has 0 fully saturated rings. The lowest BCUT2D eigenvalue weighted by atomic mass is 10.2. The summed E-state index contributed by atoms with van der Waals surface area (Å²) in [5.41, 5.74) is 2.19. The SMILES string of the molecule is C=CC(=C)/C=C\C(C)=C/C/C=C\C. The lowest BCUT2D eigenvalue weighted by Crippen LogP contribution is -1.70. The van der Waals surface area contributed by atoms with Crippen LogP contribution in [0.3, 0.4) is 0 Å². The highest BCUT2D eigenvalue weighted by atomic mass is 13.9. The topological polar surface area (TPSA) is 0 Å². The Morgan fingerprint density at radius 2 is 2.00 bits per heavy atom. The Hall–Kier alpha value is -1.30. The first kappa shape index (κ1) is 11.7. The number of hydrogen-bond donors (Lipinski definition) is 0. The Labute approximate surface area is 81.7 Å². The van der Waals surface area contributed by atoms with Crippen molar-refractivity contribution in [2.24, 2.45) is 0 Å². The van der Waals surface area contributed by atoms with E-state index in [1.54, 1.807) is 6.08 Å². The van der Waals surface area contributed by atoms with Crippen molar-refractivity contribution in [3.8, 4) is 0 Å². The van der Waals surface area contributed by atoms with Gasteiger partial charge in [0.1, 0.15) is 0 Å². The molecule has 0 aliphatic heterocycles. The fraction of sp³-hybridized carbons (Fsp3) is 0.231. The third-order valence-electron chi connectivity index (χ3n) is 1.63. The molecule has 0 aromatic carbocycles. The molecule has 0 bridgehead atoms. The van der Waals surface area contributed by atoms with Gasteiger partial charge in [-0.15, -0.1) is 0 Å². The molecule has 0 aromatic rings. The van der Waals surface area contributed by atoms with Gasteiger partial charge in [-0.3, -0.25) is 0 Å². The zero-order valence-corrected chi connectivity index (χ0v) is 8.59. The summed E-state index contributed by atoms with van der Waals surface area (Å²) in [6, 6.07) is 0. The highest BCUT2D eigenvalue weighted by Crippen LogP contribution is 2.01. The molecular weight excluding hydrogens is 156 g/mol. The normalized spacial score (nSPS) is 12.6. The van der Waals surface area contributed by atoms with Gasteiger partial charge in [0.15, 0.2) is 0 Å². The zero-order chi connectivity index (χ0) is 10.1. The van der Waals surface area contributed by atoms with Gasteiger partial charge in [0.05, 0.1) is 0 Å². The molecule has 0 amide bonds. The maximum Gasteiger partial charge on any atom is -0.0164 e. The summed E-state index contributed by atoms with van der Waals surface area (Å²) >= 11 is 0. The largest absolute Gasteiger partial charge is 0.0985 e. The average Bonchev–Trinajstić information content (AvgIpc) is 2.14. The van der Waals surface area contributed by atoms with Crippen molar-refractivity contribution in [3.63, 3.8) is 0 Å². The minimum atomic E-state index is 0.943. The van der Waals surface area contributed by atoms with Gasteiger partial charge in [0, 0.05) is 0 Å². The Bertz CT molecular complexity index is 249. The van der Waals surface area contributed by atoms with Gasteiger partial charge in [-0.25, -0.2) is 0 Å². The number of hydrogen-bond acceptors (Lipinski definition) is 0. The van der Waals surface area contributed by atoms with Crippen LogP contribution < -0.4 is 0 Å². The van der Waals surface area contributed by atoms with Crippen LogP contribution in [0.15, 0.2) is 60.8 Å². The van der Waals surface area contributed by atoms with Crippen LogP contribution in [-0.4, -0.2) is 0 Å². The van der Waals surface area contributed by atoms with Gasteiger partial charge in [-0.1, -0.05) is 55.2 Å². The molecule has 0 aliphatic rings. The molecule has 0 heteroatoms. The van der Waals surface area contributed by atoms with E-state index in [0.29, 0.717) is 0 Å². The summed E-state index contributed by atoms with van der Waals surface area (Å²) in [7, 11) is 0. The van der Waals surface area contributed by atoms with Crippen LogP contribution in [0.25, 0.3) is 0 Å². The van der Waals surface area contributed by atoms with Gasteiger partial charge >= 0.3 is 0 Å². The smallest absolute Gasteiger partial charge is 0.0164 e. The second-order valence-corrected chi connectivity index (χ2v) is 2.87. The summed E-state index contributed by atoms with van der Waals surface area (Å²) < 4.78 is 0. The third kappa shape index (κ3) is 7.07. The molecule has 0 aromatic heterocycles. The maximum absolute atomic E-state index is 3.80. The summed E-state index contributed by atoms with van der Waals surface area (Å²) in [5.74, 6) is 0. The summed E-state index contributed by atoms with van der Waals surface area (Å²) in [5, 5.41) is 0. The molecule has 0 saturated carbocycles. The second-order valence-electron chi connectivity index (χ2n) is 2.87. The first-order valence-corrected chi connectivity index (χ1v) is 4.48. The Kier molecular flexibility index (Phi) is 6.62. The molecule has 0 nitrogen and oxygen atoms in total. The molecule has 0 saturated heterocycles. The Morgan fingerprint density at radius 1 is 1.31 bits per heavy atom. The zero-order valence-electron chi connectivity index (χ0n) is 8.59. The van der Waals surface area contributed by atoms with E-state index in [9.17, 15) is 0 Å². The molecule has 0 aliphatic carbocycles. The summed E-state index contributed by atoms with van der Waals surface area (Å²) in [6.45, 7) is 11.5. The van der Waals surface area contributed by atoms with Crippen LogP contribution in [0, 0.1) is 0 Å². The Morgan fingerprint density at radius 3 is 2.54 bits per heavy atom. The molecule has 0 spiro atoms. The molecule has 0 rings (SSSR count). The minimum Gasteiger partial charge on any atom is -0.0985 e. The fourth-order valence-electron chi connectivity index (χ4n) is 0.765. The van der Waals surface area contributed by atoms with Crippen LogP contribution in [0.4, 0.5) is 0 Å². The van der Waals surface area contributed by atoms with Crippen molar-refractivity contribution in [1.29, 1.82) is 0 Å². The van der Waals surface area contributed by atoms with Gasteiger partial charge in [0.2, 0.25) is 0 Å². The van der Waals surface area contributed by atoms with E-state index in [2.05, 4.69) is 38.3 Å². The maximum atomic E-state index is 3.80. The van der Waals surface area contributed by atoms with Crippen molar-refractivity contribution in [2.75, 3.05) is 0 Å². The molecule has 0 radical (unpaired) electrons. The summed E-state index contributed by atoms with van der Waals surface area (Å²) in [4.78, 5) is 0. The van der Waals surface area contributed by atoms with Crippen molar-refractivity contribution in [2.45, 2.75) is 20.3 Å². The second kappa shape index (κ2) is 7.35. The van der Waals surface area contributed by atoms with Gasteiger partial charge in [-0.05, 0) is 25.8 Å². The van der Waals surface area contributed by atoms with Crippen LogP contribution in [0.5, 0.6) is 0 Å². The molecule has 0 unspecified atom stereocenters. The lowest BCUT2D eigenvalue weighted by molar-refractivity contribution is 1.32. The fourth-order valence-corrected chi connectivity index (χ4v) is 0.765. The first-order chi connectivity index (χ1) is 6.20. The Balaban J connectivity index is 4.04. The molecule has 13 heavy (non-hydrogen) atoms. The van der Waals surface area contributed by atoms with E-state index < -0.39 is 0 Å². The predicted octanol–water partition coefficient (Wildman–Crippen LogP) is 4.20. The lowest BCUT2D eigenvalue weighted by Gasteiger charge is -1.91. The van der Waals surface area contributed by atoms with E-state index in [1.165, 1.54) is 5.57 Å². The van der Waals surface area contributed by atoms with E-state index in [1.807, 2.05) is 19.1 Å². The van der Waals surface area contributed by atoms with E-state index >= 15 is 0 Å². The average molecular weight is 174 g/mol. The van der Waals surface area contributed by atoms with Crippen molar-refractivity contribution >= 4 is 0 Å². The predicted molar refractivity (Wildman–Crippen MR) is 61.7 cm³/mol. The van der Waals surface area contributed by atoms with E-state index in [-0.39, 0.29) is 0 Å². The molecule has 0 atom stereocenters. The molecule has 70 valence electrons. The van der Waals surface area contributed by atoms with E-state index in [0.717, 1.165) is 12.0 Å². The minimum absolute atomic E-state index is 0.943. The van der Waals surface area contributed by atoms with Gasteiger partial charge < -0.3 is 0 Å². The van der Waals surface area contributed by atoms with Crippen molar-refractivity contribution < 1.29 is 0 Å². The summed E-state index contributed by atoms with van der Waals surface area (Å²) in [6.07, 6.45) is 13.1. The number of allylic oxidation sites excluding steroid dienone is 8. The highest BCUT2D eigenvalue weighted by molar-refractivity contribution is 5.31. The van der Waals surface area contributed by atoms with Gasteiger partial charge in [-0.2, -0.15) is 0 Å². The van der Waals surface area contributed by atoms with Crippen LogP contribution in [-0.2, 0) is 0 Å². The monoisotopic (exact) mass is 174 g/mol. The first-order valence-electron chi connectivity index (χ1n) is 4.48. The van der Waals surface area contributed by atoms with Crippen molar-refractivity contribution in [3.05, 3.63) is 60.8 Å². The third-order valence-corrected chi connectivity index (χ3v) is 1.63. The van der Waals surface area contributed by atoms with Crippen LogP contribution in [0.2, 0.25) is 0 Å². The van der Waals surface area contributed by atoms with Gasteiger partial charge in [0.25, 0.3) is 0 Å². The standard InChI is InChI=1S/C13H18/c1-5-7-8-9-13(4)11-10-12(3)6-2/h5-7,9-11H,2-3,8H2,1,4H3/b7-5-,11-10-,13-9-. The van der Waals surface area contributed by atoms with E-state index in [4.69, 9.17) is 0 Å². The molecular formula is C13H18. The highest BCUT2D eigenvalue weighted by Gasteiger charge is 1.81. The molecule has 0 N–H and O–H groups in total. The van der Waals surface area contributed by atoms with Crippen LogP contribution in [0.1, 0.15) is 20.3 Å². The quantitative estimate of drug-likeness (QED) is 0.433. The van der Waals surface area contributed by atoms with Crippen LogP contribution >= 0.6 is 0 Å². The van der Waals surface area contributed by atoms with Crippen molar-refractivity contribution in [1.82, 2.24) is 0 Å². The number of rotatable bonds is 5. The molecule has 0 heterocycles.